The number of nitrogens with zero attached hydrogens (tertiary/aromatic N) is 1. The number of hydrazine groups is 1. The van der Waals surface area contributed by atoms with E-state index in [9.17, 15) is 24.0 Å². The zero-order chi connectivity index (χ0) is 28.7. The topological polar surface area (TPSA) is 122 Å². The molecule has 2 bridgehead atoms. The number of anilines is 1. The van der Waals surface area contributed by atoms with Crippen LogP contribution in [-0.4, -0.2) is 36.2 Å². The molecule has 3 fully saturated rings. The highest BCUT2D eigenvalue weighted by molar-refractivity contribution is 6.30. The molecule has 10 heteroatoms. The molecule has 6 rings (SSSR count). The Morgan fingerprint density at radius 1 is 0.805 bits per heavy atom. The number of fused-ring (bicyclic) bond motifs is 5. The third-order valence-corrected chi connectivity index (χ3v) is 8.61. The maximum atomic E-state index is 13.5. The summed E-state index contributed by atoms with van der Waals surface area (Å²) < 4.78 is 5.03. The van der Waals surface area contributed by atoms with Crippen LogP contribution in [0.15, 0.2) is 78.9 Å². The third kappa shape index (κ3) is 4.97. The van der Waals surface area contributed by atoms with Gasteiger partial charge >= 0.3 is 5.97 Å². The lowest BCUT2D eigenvalue weighted by atomic mass is 9.73. The van der Waals surface area contributed by atoms with Gasteiger partial charge in [-0.1, -0.05) is 41.9 Å². The molecule has 2 N–H and O–H groups in total. The van der Waals surface area contributed by atoms with Gasteiger partial charge in [-0.25, -0.2) is 4.79 Å². The molecule has 41 heavy (non-hydrogen) atoms. The first-order chi connectivity index (χ1) is 19.8. The van der Waals surface area contributed by atoms with E-state index >= 15 is 0 Å². The molecular weight excluding hydrogens is 546 g/mol. The fourth-order valence-electron chi connectivity index (χ4n) is 6.59. The van der Waals surface area contributed by atoms with E-state index in [2.05, 4.69) is 23.0 Å². The van der Waals surface area contributed by atoms with E-state index < -0.39 is 24.4 Å². The van der Waals surface area contributed by atoms with Crippen LogP contribution in [0.4, 0.5) is 5.69 Å². The SMILES string of the molecule is O=C(COC(=O)c1ccc(N2C(=O)[C@@H]3[C@@H]4C[C@@H]([C@H]3C2=O)[C@@H](c2ccccc2)C4)cc1)NNC(=O)c1ccc(Cl)cc1. The lowest BCUT2D eigenvalue weighted by molar-refractivity contribution is -0.125. The second-order valence-corrected chi connectivity index (χ2v) is 11.0. The Morgan fingerprint density at radius 2 is 1.46 bits per heavy atom. The van der Waals surface area contributed by atoms with Crippen LogP contribution in [0.1, 0.15) is 45.0 Å². The van der Waals surface area contributed by atoms with Gasteiger partial charge in [0.1, 0.15) is 0 Å². The van der Waals surface area contributed by atoms with Gasteiger partial charge in [-0.05, 0) is 84.7 Å². The van der Waals surface area contributed by atoms with E-state index in [0.717, 1.165) is 12.8 Å². The number of hydrogen-bond donors (Lipinski definition) is 2. The lowest BCUT2D eigenvalue weighted by Crippen LogP contribution is -2.43. The number of nitrogens with one attached hydrogen (secondary N) is 2. The zero-order valence-electron chi connectivity index (χ0n) is 21.8. The van der Waals surface area contributed by atoms with Crippen molar-refractivity contribution in [3.05, 3.63) is 101 Å². The zero-order valence-corrected chi connectivity index (χ0v) is 22.5. The number of benzene rings is 3. The van der Waals surface area contributed by atoms with E-state index in [1.54, 1.807) is 0 Å². The summed E-state index contributed by atoms with van der Waals surface area (Å²) in [7, 11) is 0. The number of carbonyl (C=O) groups excluding carboxylic acids is 5. The van der Waals surface area contributed by atoms with E-state index in [1.807, 2.05) is 18.2 Å². The van der Waals surface area contributed by atoms with Crippen LogP contribution in [0, 0.1) is 23.7 Å². The summed E-state index contributed by atoms with van der Waals surface area (Å²) in [5.74, 6) is -2.43. The Labute approximate surface area is 240 Å². The molecule has 3 aromatic rings. The third-order valence-electron chi connectivity index (χ3n) is 8.36. The maximum Gasteiger partial charge on any atom is 0.338 e. The summed E-state index contributed by atoms with van der Waals surface area (Å²) in [6, 6.07) is 22.2. The van der Waals surface area contributed by atoms with Gasteiger partial charge in [-0.15, -0.1) is 0 Å². The second-order valence-electron chi connectivity index (χ2n) is 10.6. The van der Waals surface area contributed by atoms with Crippen molar-refractivity contribution >= 4 is 46.9 Å². The molecule has 5 atom stereocenters. The lowest BCUT2D eigenvalue weighted by Gasteiger charge is -2.28. The Kier molecular flexibility index (Phi) is 7.05. The highest BCUT2D eigenvalue weighted by atomic mass is 35.5. The average Bonchev–Trinajstić information content (AvgIpc) is 3.66. The summed E-state index contributed by atoms with van der Waals surface area (Å²) in [6.45, 7) is -0.626. The summed E-state index contributed by atoms with van der Waals surface area (Å²) in [5.41, 5.74) is 6.46. The average molecular weight is 572 g/mol. The Morgan fingerprint density at radius 3 is 2.17 bits per heavy atom. The summed E-state index contributed by atoms with van der Waals surface area (Å²) in [6.07, 6.45) is 1.80. The van der Waals surface area contributed by atoms with Crippen molar-refractivity contribution in [2.45, 2.75) is 18.8 Å². The second kappa shape index (κ2) is 10.8. The fraction of sp³-hybridized carbons (Fsp3) is 0.258. The van der Waals surface area contributed by atoms with Crippen LogP contribution in [0.2, 0.25) is 5.02 Å². The molecule has 2 aliphatic carbocycles. The van der Waals surface area contributed by atoms with Crippen LogP contribution >= 0.6 is 11.6 Å². The molecule has 1 aliphatic heterocycles. The van der Waals surface area contributed by atoms with Gasteiger partial charge in [-0.2, -0.15) is 0 Å². The molecule has 9 nitrogen and oxygen atoms in total. The van der Waals surface area contributed by atoms with Crippen molar-refractivity contribution in [2.75, 3.05) is 11.5 Å². The molecular formula is C31H26ClN3O6. The number of halogens is 1. The van der Waals surface area contributed by atoms with Gasteiger partial charge in [0.05, 0.1) is 23.1 Å². The number of esters is 1. The smallest absolute Gasteiger partial charge is 0.338 e. The van der Waals surface area contributed by atoms with Crippen LogP contribution in [0.5, 0.6) is 0 Å². The summed E-state index contributed by atoms with van der Waals surface area (Å²) in [4.78, 5) is 64.7. The van der Waals surface area contributed by atoms with Crippen LogP contribution in [0.25, 0.3) is 0 Å². The number of imide groups is 1. The highest BCUT2D eigenvalue weighted by Crippen LogP contribution is 2.61. The predicted molar refractivity (Wildman–Crippen MR) is 149 cm³/mol. The number of hydrogen-bond acceptors (Lipinski definition) is 6. The van der Waals surface area contributed by atoms with E-state index in [1.165, 1.54) is 59.0 Å². The first kappa shape index (κ1) is 26.7. The van der Waals surface area contributed by atoms with Crippen molar-refractivity contribution in [3.8, 4) is 0 Å². The Hall–Kier alpha value is -4.50. The maximum absolute atomic E-state index is 13.5. The number of rotatable bonds is 6. The van der Waals surface area contributed by atoms with E-state index in [-0.39, 0.29) is 52.5 Å². The Balaban J connectivity index is 1.04. The molecule has 208 valence electrons. The van der Waals surface area contributed by atoms with Gasteiger partial charge < -0.3 is 4.74 Å². The van der Waals surface area contributed by atoms with Gasteiger partial charge in [0.15, 0.2) is 6.61 Å². The van der Waals surface area contributed by atoms with E-state index in [0.29, 0.717) is 10.7 Å². The largest absolute Gasteiger partial charge is 0.452 e. The molecule has 2 saturated carbocycles. The van der Waals surface area contributed by atoms with E-state index in [4.69, 9.17) is 16.3 Å². The highest BCUT2D eigenvalue weighted by Gasteiger charge is 2.64. The monoisotopic (exact) mass is 571 g/mol. The fourth-order valence-corrected chi connectivity index (χ4v) is 6.72. The van der Waals surface area contributed by atoms with Crippen molar-refractivity contribution in [2.24, 2.45) is 23.7 Å². The molecule has 0 spiro atoms. The van der Waals surface area contributed by atoms with Gasteiger partial charge in [0.2, 0.25) is 11.8 Å². The predicted octanol–water partition coefficient (Wildman–Crippen LogP) is 3.89. The van der Waals surface area contributed by atoms with Crippen LogP contribution in [-0.2, 0) is 19.1 Å². The Bertz CT molecular complexity index is 1530. The molecule has 3 aliphatic rings. The molecule has 1 heterocycles. The van der Waals surface area contributed by atoms with Crippen molar-refractivity contribution in [3.63, 3.8) is 0 Å². The number of amides is 4. The number of carbonyl (C=O) groups is 5. The first-order valence-corrected chi connectivity index (χ1v) is 13.7. The first-order valence-electron chi connectivity index (χ1n) is 13.4. The molecule has 0 radical (unpaired) electrons. The molecule has 0 aromatic heterocycles. The van der Waals surface area contributed by atoms with Gasteiger partial charge in [0.25, 0.3) is 11.8 Å². The van der Waals surface area contributed by atoms with Crippen LogP contribution < -0.4 is 15.8 Å². The molecule has 0 unspecified atom stereocenters. The minimum absolute atomic E-state index is 0.144. The normalized spacial score (nSPS) is 24.2. The van der Waals surface area contributed by atoms with Gasteiger partial charge in [0, 0.05) is 10.6 Å². The molecule has 1 saturated heterocycles. The molecule has 3 aromatic carbocycles. The quantitative estimate of drug-likeness (QED) is 0.263. The van der Waals surface area contributed by atoms with Crippen molar-refractivity contribution in [1.82, 2.24) is 10.9 Å². The van der Waals surface area contributed by atoms with Crippen molar-refractivity contribution in [1.29, 1.82) is 0 Å². The summed E-state index contributed by atoms with van der Waals surface area (Å²) in [5, 5.41) is 0.468. The minimum Gasteiger partial charge on any atom is -0.452 e. The van der Waals surface area contributed by atoms with Crippen molar-refractivity contribution < 1.29 is 28.7 Å². The standard InChI is InChI=1S/C31H26ClN3O6/c32-21-10-6-18(7-11-21)28(37)34-33-25(36)16-41-31(40)19-8-12-22(13-9-19)35-29(38)26-20-14-23(17-4-2-1-3-5-17)24(15-20)27(26)30(35)39/h1-13,20,23-24,26-27H,14-16H2,(H,33,36)(H,34,37)/t20-,23+,24+,26+,27+/m0/s1. The minimum atomic E-state index is -0.768. The van der Waals surface area contributed by atoms with Gasteiger partial charge in [-0.3, -0.25) is 34.9 Å². The molecule has 4 amide bonds. The summed E-state index contributed by atoms with van der Waals surface area (Å²) >= 11 is 5.79. The number of ether oxygens (including phenoxy) is 1. The van der Waals surface area contributed by atoms with Crippen LogP contribution in [0.3, 0.4) is 0 Å².